The van der Waals surface area contributed by atoms with Gasteiger partial charge in [0, 0.05) is 30.6 Å². The van der Waals surface area contributed by atoms with Crippen molar-refractivity contribution >= 4 is 43.9 Å². The average Bonchev–Trinajstić information content (AvgIpc) is 3.13. The van der Waals surface area contributed by atoms with Gasteiger partial charge in [0.15, 0.2) is 9.84 Å². The van der Waals surface area contributed by atoms with E-state index < -0.39 is 9.84 Å². The number of nitrogens with zero attached hydrogens (tertiary/aromatic N) is 4. The van der Waals surface area contributed by atoms with Gasteiger partial charge in [-0.2, -0.15) is 10.1 Å². The van der Waals surface area contributed by atoms with Gasteiger partial charge in [-0.1, -0.05) is 0 Å². The lowest BCUT2D eigenvalue weighted by Crippen LogP contribution is -2.12. The van der Waals surface area contributed by atoms with Crippen LogP contribution in [0.25, 0.3) is 10.9 Å². The Hall–Kier alpha value is -3.66. The molecule has 0 saturated heterocycles. The number of fused-ring (bicyclic) bond motifs is 1. The zero-order chi connectivity index (χ0) is 22.2. The molecule has 9 nitrogen and oxygen atoms in total. The molecule has 160 valence electrons. The van der Waals surface area contributed by atoms with Gasteiger partial charge in [-0.15, -0.1) is 0 Å². The molecule has 0 bridgehead atoms. The number of hydrogen-bond acceptors (Lipinski definition) is 8. The molecule has 4 aromatic rings. The van der Waals surface area contributed by atoms with Gasteiger partial charge in [0.25, 0.3) is 0 Å². The highest BCUT2D eigenvalue weighted by molar-refractivity contribution is 7.90. The Balaban J connectivity index is 1.65. The van der Waals surface area contributed by atoms with E-state index >= 15 is 0 Å². The number of benzene rings is 2. The number of methoxy groups -OCH3 is 1. The van der Waals surface area contributed by atoms with Crippen LogP contribution in [-0.2, 0) is 9.84 Å². The lowest BCUT2D eigenvalue weighted by atomic mass is 10.2. The molecule has 0 unspecified atom stereocenters. The summed E-state index contributed by atoms with van der Waals surface area (Å²) in [5.41, 5.74) is 3.27. The van der Waals surface area contributed by atoms with E-state index in [1.807, 2.05) is 37.1 Å². The van der Waals surface area contributed by atoms with Gasteiger partial charge in [-0.25, -0.2) is 13.4 Å². The molecule has 0 spiro atoms. The van der Waals surface area contributed by atoms with Gasteiger partial charge < -0.3 is 15.0 Å². The maximum Gasteiger partial charge on any atom is 0.229 e. The zero-order valence-electron chi connectivity index (χ0n) is 17.5. The first-order chi connectivity index (χ1) is 14.8. The first-order valence-electron chi connectivity index (χ1n) is 9.43. The predicted octanol–water partition coefficient (Wildman–Crippen LogP) is 3.58. The van der Waals surface area contributed by atoms with Crippen LogP contribution in [0.2, 0.25) is 0 Å². The van der Waals surface area contributed by atoms with E-state index in [-0.39, 0.29) is 4.90 Å². The molecule has 0 aliphatic carbocycles. The number of aryl methyl sites for hydroxylation is 1. The highest BCUT2D eigenvalue weighted by atomic mass is 32.2. The SMILES string of the molecule is COc1ccc(S(C)(=O)=O)cc1Nc1nccc(N(C)c2ccc3c(C)n[nH]c3c2)n1. The maximum atomic E-state index is 11.9. The minimum atomic E-state index is -3.37. The standard InChI is InChI=1S/C21H22N6O3S/c1-13-16-7-5-14(11-17(16)26-25-13)27(2)20-9-10-22-21(24-20)23-18-12-15(31(4,28)29)6-8-19(18)30-3/h5-12H,1-4H3,(H,25,26)(H,22,23,24). The van der Waals surface area contributed by atoms with Crippen molar-refractivity contribution in [3.8, 4) is 5.75 Å². The van der Waals surface area contributed by atoms with Crippen molar-refractivity contribution < 1.29 is 13.2 Å². The summed E-state index contributed by atoms with van der Waals surface area (Å²) in [6.45, 7) is 1.96. The van der Waals surface area contributed by atoms with E-state index in [1.54, 1.807) is 18.3 Å². The summed E-state index contributed by atoms with van der Waals surface area (Å²) >= 11 is 0. The van der Waals surface area contributed by atoms with Crippen LogP contribution >= 0.6 is 0 Å². The number of nitrogens with one attached hydrogen (secondary N) is 2. The molecule has 0 fully saturated rings. The smallest absolute Gasteiger partial charge is 0.229 e. The molecule has 2 aromatic carbocycles. The van der Waals surface area contributed by atoms with Gasteiger partial charge in [0.1, 0.15) is 11.6 Å². The number of sulfone groups is 1. The third kappa shape index (κ3) is 4.15. The molecular formula is C21H22N6O3S. The van der Waals surface area contributed by atoms with Crippen LogP contribution in [-0.4, -0.2) is 49.0 Å². The second kappa shape index (κ2) is 7.88. The quantitative estimate of drug-likeness (QED) is 0.470. The maximum absolute atomic E-state index is 11.9. The Morgan fingerprint density at radius 1 is 1.13 bits per heavy atom. The molecule has 4 rings (SSSR count). The third-order valence-electron chi connectivity index (χ3n) is 4.95. The van der Waals surface area contributed by atoms with Crippen LogP contribution in [0.15, 0.2) is 53.6 Å². The van der Waals surface area contributed by atoms with Crippen molar-refractivity contribution in [3.05, 3.63) is 54.4 Å². The monoisotopic (exact) mass is 438 g/mol. The van der Waals surface area contributed by atoms with Crippen LogP contribution in [0.1, 0.15) is 5.69 Å². The van der Waals surface area contributed by atoms with Gasteiger partial charge in [0.05, 0.1) is 28.9 Å². The highest BCUT2D eigenvalue weighted by Gasteiger charge is 2.14. The van der Waals surface area contributed by atoms with Crippen LogP contribution in [0.5, 0.6) is 5.75 Å². The van der Waals surface area contributed by atoms with Crippen LogP contribution in [0.3, 0.4) is 0 Å². The summed E-state index contributed by atoms with van der Waals surface area (Å²) in [5, 5.41) is 11.4. The Kier molecular flexibility index (Phi) is 5.24. The molecular weight excluding hydrogens is 416 g/mol. The fraction of sp³-hybridized carbons (Fsp3) is 0.190. The van der Waals surface area contributed by atoms with Gasteiger partial charge in [0.2, 0.25) is 5.95 Å². The molecule has 2 aromatic heterocycles. The second-order valence-corrected chi connectivity index (χ2v) is 9.11. The van der Waals surface area contributed by atoms with Crippen LogP contribution in [0.4, 0.5) is 23.1 Å². The Bertz CT molecular complexity index is 1370. The van der Waals surface area contributed by atoms with E-state index in [1.165, 1.54) is 19.2 Å². The average molecular weight is 439 g/mol. The van der Waals surface area contributed by atoms with Crippen molar-refractivity contribution in [3.63, 3.8) is 0 Å². The molecule has 31 heavy (non-hydrogen) atoms. The normalized spacial score (nSPS) is 11.5. The fourth-order valence-electron chi connectivity index (χ4n) is 3.22. The number of aromatic nitrogens is 4. The van der Waals surface area contributed by atoms with E-state index in [2.05, 4.69) is 25.5 Å². The second-order valence-electron chi connectivity index (χ2n) is 7.10. The lowest BCUT2D eigenvalue weighted by molar-refractivity contribution is 0.416. The first kappa shape index (κ1) is 20.6. The van der Waals surface area contributed by atoms with Crippen molar-refractivity contribution in [1.82, 2.24) is 20.2 Å². The number of rotatable bonds is 6. The number of hydrogen-bond donors (Lipinski definition) is 2. The number of aromatic amines is 1. The van der Waals surface area contributed by atoms with E-state index in [9.17, 15) is 8.42 Å². The van der Waals surface area contributed by atoms with E-state index in [0.29, 0.717) is 23.2 Å². The van der Waals surface area contributed by atoms with Gasteiger partial charge >= 0.3 is 0 Å². The Morgan fingerprint density at radius 2 is 1.94 bits per heavy atom. The fourth-order valence-corrected chi connectivity index (χ4v) is 3.86. The number of ether oxygens (including phenoxy) is 1. The largest absolute Gasteiger partial charge is 0.495 e. The molecule has 10 heteroatoms. The molecule has 0 atom stereocenters. The number of H-pyrrole nitrogens is 1. The van der Waals surface area contributed by atoms with Crippen LogP contribution < -0.4 is 15.0 Å². The molecule has 2 N–H and O–H groups in total. The summed E-state index contributed by atoms with van der Waals surface area (Å²) in [7, 11) is 0.0479. The molecule has 0 saturated carbocycles. The van der Waals surface area contributed by atoms with Crippen molar-refractivity contribution in [2.24, 2.45) is 0 Å². The minimum Gasteiger partial charge on any atom is -0.495 e. The van der Waals surface area contributed by atoms with Crippen molar-refractivity contribution in [2.75, 3.05) is 30.6 Å². The molecule has 0 aliphatic rings. The molecule has 0 aliphatic heterocycles. The van der Waals surface area contributed by atoms with Crippen molar-refractivity contribution in [1.29, 1.82) is 0 Å². The minimum absolute atomic E-state index is 0.173. The lowest BCUT2D eigenvalue weighted by Gasteiger charge is -2.19. The summed E-state index contributed by atoms with van der Waals surface area (Å²) in [6, 6.07) is 12.4. The Morgan fingerprint density at radius 3 is 2.68 bits per heavy atom. The topological polar surface area (TPSA) is 113 Å². The summed E-state index contributed by atoms with van der Waals surface area (Å²) < 4.78 is 29.2. The highest BCUT2D eigenvalue weighted by Crippen LogP contribution is 2.31. The first-order valence-corrected chi connectivity index (χ1v) is 11.3. The molecule has 2 heterocycles. The summed E-state index contributed by atoms with van der Waals surface area (Å²) in [5.74, 6) is 1.45. The molecule has 0 amide bonds. The molecule has 0 radical (unpaired) electrons. The predicted molar refractivity (Wildman–Crippen MR) is 120 cm³/mol. The summed E-state index contributed by atoms with van der Waals surface area (Å²) in [4.78, 5) is 10.9. The third-order valence-corrected chi connectivity index (χ3v) is 6.06. The van der Waals surface area contributed by atoms with E-state index in [0.717, 1.165) is 28.5 Å². The number of anilines is 4. The Labute approximate surface area is 180 Å². The summed E-state index contributed by atoms with van der Waals surface area (Å²) in [6.07, 6.45) is 2.79. The van der Waals surface area contributed by atoms with Gasteiger partial charge in [-0.3, -0.25) is 5.10 Å². The van der Waals surface area contributed by atoms with Crippen molar-refractivity contribution in [2.45, 2.75) is 11.8 Å². The van der Waals surface area contributed by atoms with Gasteiger partial charge in [-0.05, 0) is 49.4 Å². The zero-order valence-corrected chi connectivity index (χ0v) is 18.4. The van der Waals surface area contributed by atoms with Crippen LogP contribution in [0, 0.1) is 6.92 Å². The van der Waals surface area contributed by atoms with E-state index in [4.69, 9.17) is 4.74 Å².